The van der Waals surface area contributed by atoms with Gasteiger partial charge in [0.25, 0.3) is 0 Å². The number of benzene rings is 2. The highest BCUT2D eigenvalue weighted by atomic mass is 16.2. The molecule has 1 aliphatic carbocycles. The van der Waals surface area contributed by atoms with Gasteiger partial charge in [0.2, 0.25) is 5.91 Å². The molecule has 2 aromatic rings. The molecule has 0 spiro atoms. The van der Waals surface area contributed by atoms with E-state index >= 15 is 0 Å². The highest BCUT2D eigenvalue weighted by molar-refractivity contribution is 5.88. The van der Waals surface area contributed by atoms with E-state index in [1.807, 2.05) is 18.2 Å². The van der Waals surface area contributed by atoms with Crippen molar-refractivity contribution in [1.29, 1.82) is 5.26 Å². The van der Waals surface area contributed by atoms with Gasteiger partial charge in [-0.1, -0.05) is 42.5 Å². The molecule has 3 rings (SSSR count). The number of nitriles is 1. The van der Waals surface area contributed by atoms with Crippen molar-refractivity contribution in [2.45, 2.75) is 19.3 Å². The average molecular weight is 264 g/mol. The fraction of sp³-hybridized carbons (Fsp3) is 0.294. The molecule has 100 valence electrons. The van der Waals surface area contributed by atoms with Gasteiger partial charge in [0.05, 0.1) is 6.07 Å². The smallest absolute Gasteiger partial charge is 0.240 e. The summed E-state index contributed by atoms with van der Waals surface area (Å²) in [6, 6.07) is 16.6. The highest BCUT2D eigenvalue weighted by Gasteiger charge is 2.50. The minimum atomic E-state index is -0.723. The van der Waals surface area contributed by atoms with Crippen molar-refractivity contribution in [2.75, 3.05) is 6.54 Å². The third kappa shape index (κ3) is 2.25. The van der Waals surface area contributed by atoms with Crippen LogP contribution in [-0.4, -0.2) is 12.5 Å². The zero-order chi connectivity index (χ0) is 14.0. The molecule has 0 atom stereocenters. The summed E-state index contributed by atoms with van der Waals surface area (Å²) >= 11 is 0. The summed E-state index contributed by atoms with van der Waals surface area (Å²) in [4.78, 5) is 11.9. The maximum Gasteiger partial charge on any atom is 0.240 e. The molecule has 3 nitrogen and oxygen atoms in total. The van der Waals surface area contributed by atoms with Crippen LogP contribution >= 0.6 is 0 Å². The van der Waals surface area contributed by atoms with Gasteiger partial charge in [-0.2, -0.15) is 5.26 Å². The molecule has 0 saturated heterocycles. The number of rotatable bonds is 4. The van der Waals surface area contributed by atoms with Crippen LogP contribution in [0.2, 0.25) is 0 Å². The number of nitrogens with one attached hydrogen (secondary N) is 1. The Morgan fingerprint density at radius 1 is 1.20 bits per heavy atom. The third-order valence-corrected chi connectivity index (χ3v) is 3.96. The lowest BCUT2D eigenvalue weighted by Crippen LogP contribution is -2.32. The minimum Gasteiger partial charge on any atom is -0.354 e. The second-order valence-corrected chi connectivity index (χ2v) is 5.34. The van der Waals surface area contributed by atoms with Crippen LogP contribution in [0.1, 0.15) is 18.4 Å². The molecule has 2 aromatic carbocycles. The molecule has 20 heavy (non-hydrogen) atoms. The summed E-state index contributed by atoms with van der Waals surface area (Å²) in [7, 11) is 0. The lowest BCUT2D eigenvalue weighted by Gasteiger charge is -2.09. The van der Waals surface area contributed by atoms with Crippen molar-refractivity contribution in [3.8, 4) is 6.07 Å². The lowest BCUT2D eigenvalue weighted by molar-refractivity contribution is -0.124. The van der Waals surface area contributed by atoms with Gasteiger partial charge in [0.1, 0.15) is 5.41 Å². The first-order valence-electron chi connectivity index (χ1n) is 6.91. The number of carbonyl (C=O) groups excluding carboxylic acids is 1. The largest absolute Gasteiger partial charge is 0.354 e. The average Bonchev–Trinajstić information content (AvgIpc) is 3.28. The summed E-state index contributed by atoms with van der Waals surface area (Å²) in [5, 5.41) is 14.3. The van der Waals surface area contributed by atoms with E-state index in [1.165, 1.54) is 16.3 Å². The van der Waals surface area contributed by atoms with Gasteiger partial charge in [-0.15, -0.1) is 0 Å². The molecule has 1 N–H and O–H groups in total. The van der Waals surface area contributed by atoms with Crippen LogP contribution in [0.5, 0.6) is 0 Å². The molecular weight excluding hydrogens is 248 g/mol. The Bertz CT molecular complexity index is 690. The van der Waals surface area contributed by atoms with Gasteiger partial charge in [-0.05, 0) is 35.6 Å². The van der Waals surface area contributed by atoms with Crippen molar-refractivity contribution in [2.24, 2.45) is 5.41 Å². The monoisotopic (exact) mass is 264 g/mol. The van der Waals surface area contributed by atoms with Crippen molar-refractivity contribution in [3.63, 3.8) is 0 Å². The van der Waals surface area contributed by atoms with E-state index in [0.29, 0.717) is 19.4 Å². The molecule has 0 bridgehead atoms. The molecule has 3 heteroatoms. The van der Waals surface area contributed by atoms with Crippen LogP contribution in [0.3, 0.4) is 0 Å². The van der Waals surface area contributed by atoms with Crippen LogP contribution in [0, 0.1) is 16.7 Å². The first-order valence-corrected chi connectivity index (χ1v) is 6.91. The van der Waals surface area contributed by atoms with E-state index in [-0.39, 0.29) is 5.91 Å². The van der Waals surface area contributed by atoms with E-state index in [0.717, 1.165) is 6.42 Å². The summed E-state index contributed by atoms with van der Waals surface area (Å²) in [6.45, 7) is 0.580. The predicted molar refractivity (Wildman–Crippen MR) is 77.9 cm³/mol. The fourth-order valence-corrected chi connectivity index (χ4v) is 2.51. The summed E-state index contributed by atoms with van der Waals surface area (Å²) in [5.74, 6) is -0.111. The van der Waals surface area contributed by atoms with Crippen LogP contribution in [-0.2, 0) is 11.2 Å². The summed E-state index contributed by atoms with van der Waals surface area (Å²) in [5.41, 5.74) is 0.504. The Morgan fingerprint density at radius 2 is 1.95 bits per heavy atom. The minimum absolute atomic E-state index is 0.111. The van der Waals surface area contributed by atoms with Gasteiger partial charge in [-0.3, -0.25) is 4.79 Å². The number of amides is 1. The van der Waals surface area contributed by atoms with Crippen LogP contribution in [0.4, 0.5) is 0 Å². The Labute approximate surface area is 118 Å². The fourth-order valence-electron chi connectivity index (χ4n) is 2.51. The number of hydrogen-bond acceptors (Lipinski definition) is 2. The number of fused-ring (bicyclic) bond motifs is 1. The van der Waals surface area contributed by atoms with Crippen molar-refractivity contribution in [3.05, 3.63) is 48.0 Å². The molecule has 0 radical (unpaired) electrons. The van der Waals surface area contributed by atoms with E-state index in [4.69, 9.17) is 5.26 Å². The van der Waals surface area contributed by atoms with Crippen molar-refractivity contribution >= 4 is 16.7 Å². The van der Waals surface area contributed by atoms with Gasteiger partial charge >= 0.3 is 0 Å². The van der Waals surface area contributed by atoms with Crippen molar-refractivity contribution < 1.29 is 4.79 Å². The van der Waals surface area contributed by atoms with Gasteiger partial charge < -0.3 is 5.32 Å². The Kier molecular flexibility index (Phi) is 3.15. The van der Waals surface area contributed by atoms with E-state index < -0.39 is 5.41 Å². The first-order chi connectivity index (χ1) is 9.75. The molecule has 1 aliphatic rings. The molecule has 0 unspecified atom stereocenters. The molecular formula is C17H16N2O. The zero-order valence-corrected chi connectivity index (χ0v) is 11.2. The van der Waals surface area contributed by atoms with E-state index in [2.05, 4.69) is 35.7 Å². The quantitative estimate of drug-likeness (QED) is 0.923. The Morgan fingerprint density at radius 3 is 2.70 bits per heavy atom. The van der Waals surface area contributed by atoms with Gasteiger partial charge in [0, 0.05) is 6.54 Å². The number of nitrogens with zero attached hydrogens (tertiary/aromatic N) is 1. The summed E-state index contributed by atoms with van der Waals surface area (Å²) < 4.78 is 0. The maximum absolute atomic E-state index is 11.9. The van der Waals surface area contributed by atoms with Crippen LogP contribution in [0.25, 0.3) is 10.8 Å². The Balaban J connectivity index is 1.66. The third-order valence-electron chi connectivity index (χ3n) is 3.96. The second kappa shape index (κ2) is 4.97. The van der Waals surface area contributed by atoms with Crippen LogP contribution < -0.4 is 5.32 Å². The SMILES string of the molecule is N#CC1(C(=O)NCCc2cccc3ccccc23)CC1. The van der Waals surface area contributed by atoms with E-state index in [1.54, 1.807) is 0 Å². The topological polar surface area (TPSA) is 52.9 Å². The zero-order valence-electron chi connectivity index (χ0n) is 11.2. The standard InChI is InChI=1S/C17H16N2O/c18-12-17(9-10-17)16(20)19-11-8-14-6-3-5-13-4-1-2-7-15(13)14/h1-7H,8-11H2,(H,19,20). The maximum atomic E-state index is 11.9. The predicted octanol–water partition coefficient (Wildman–Crippen LogP) is 2.80. The van der Waals surface area contributed by atoms with Gasteiger partial charge in [-0.25, -0.2) is 0 Å². The van der Waals surface area contributed by atoms with E-state index in [9.17, 15) is 4.79 Å². The molecule has 1 saturated carbocycles. The summed E-state index contributed by atoms with van der Waals surface area (Å²) in [6.07, 6.45) is 2.18. The van der Waals surface area contributed by atoms with Crippen molar-refractivity contribution in [1.82, 2.24) is 5.32 Å². The number of carbonyl (C=O) groups is 1. The molecule has 0 aromatic heterocycles. The van der Waals surface area contributed by atoms with Crippen LogP contribution in [0.15, 0.2) is 42.5 Å². The molecule has 0 heterocycles. The molecule has 1 fully saturated rings. The molecule has 0 aliphatic heterocycles. The second-order valence-electron chi connectivity index (χ2n) is 5.34. The van der Waals surface area contributed by atoms with Gasteiger partial charge in [0.15, 0.2) is 0 Å². The lowest BCUT2D eigenvalue weighted by atomic mass is 10.0. The number of hydrogen-bond donors (Lipinski definition) is 1. The Hall–Kier alpha value is -2.34. The molecule has 1 amide bonds. The normalized spacial score (nSPS) is 15.6. The highest BCUT2D eigenvalue weighted by Crippen LogP contribution is 2.44. The first kappa shape index (κ1) is 12.7.